The van der Waals surface area contributed by atoms with E-state index in [0.717, 1.165) is 42.6 Å². The number of pyridine rings is 1. The molecule has 9 nitrogen and oxygen atoms in total. The molecule has 1 saturated carbocycles. The van der Waals surface area contributed by atoms with Crippen molar-refractivity contribution in [2.75, 3.05) is 51.4 Å². The standard InChI is InChI=1S/C30H34N4O5/c1-18-6-9-21(19-7-8-19)28(26(18)30(37)33-12-14-39-15-13-33)34-11-10-20(17-34)31-29(36)22-16-25(35)32-23-4-3-5-24(38-2)27(22)23/h3-6,9,16,19-20H,7-8,10-15,17H2,1-2H3,(H,31,36)(H,32,35)/t20-/m1/s1. The first-order valence-electron chi connectivity index (χ1n) is 13.7. The lowest BCUT2D eigenvalue weighted by Gasteiger charge is -2.31. The van der Waals surface area contributed by atoms with Gasteiger partial charge in [0.25, 0.3) is 11.8 Å². The zero-order valence-corrected chi connectivity index (χ0v) is 22.4. The summed E-state index contributed by atoms with van der Waals surface area (Å²) in [5.41, 5.74) is 4.51. The van der Waals surface area contributed by atoms with Crippen LogP contribution in [0.4, 0.5) is 5.69 Å². The molecule has 9 heteroatoms. The smallest absolute Gasteiger partial charge is 0.256 e. The summed E-state index contributed by atoms with van der Waals surface area (Å²) < 4.78 is 11.0. The van der Waals surface area contributed by atoms with E-state index in [4.69, 9.17) is 9.47 Å². The van der Waals surface area contributed by atoms with Crippen LogP contribution in [-0.4, -0.2) is 74.2 Å². The Bertz CT molecular complexity index is 1490. The molecule has 39 heavy (non-hydrogen) atoms. The molecule has 2 N–H and O–H groups in total. The molecule has 204 valence electrons. The first kappa shape index (κ1) is 25.4. The van der Waals surface area contributed by atoms with Crippen molar-refractivity contribution in [3.8, 4) is 5.75 Å². The van der Waals surface area contributed by atoms with E-state index in [1.807, 2.05) is 11.8 Å². The molecule has 2 aromatic carbocycles. The van der Waals surface area contributed by atoms with Gasteiger partial charge in [0.05, 0.1) is 48.0 Å². The van der Waals surface area contributed by atoms with Crippen LogP contribution in [0.25, 0.3) is 10.9 Å². The third-order valence-electron chi connectivity index (χ3n) is 8.08. The molecule has 1 aromatic heterocycles. The minimum Gasteiger partial charge on any atom is -0.496 e. The van der Waals surface area contributed by atoms with Crippen molar-refractivity contribution in [1.29, 1.82) is 0 Å². The lowest BCUT2D eigenvalue weighted by atomic mass is 9.96. The normalized spacial score (nSPS) is 19.4. The van der Waals surface area contributed by atoms with Crippen molar-refractivity contribution >= 4 is 28.4 Å². The summed E-state index contributed by atoms with van der Waals surface area (Å²) in [7, 11) is 1.55. The molecular weight excluding hydrogens is 496 g/mol. The molecule has 0 radical (unpaired) electrons. The van der Waals surface area contributed by atoms with Gasteiger partial charge in [-0.15, -0.1) is 0 Å². The van der Waals surface area contributed by atoms with Crippen LogP contribution in [0.3, 0.4) is 0 Å². The van der Waals surface area contributed by atoms with Gasteiger partial charge in [-0.1, -0.05) is 18.2 Å². The number of benzene rings is 2. The number of aryl methyl sites for hydroxylation is 1. The molecule has 0 unspecified atom stereocenters. The van der Waals surface area contributed by atoms with Gasteiger partial charge < -0.3 is 29.6 Å². The van der Waals surface area contributed by atoms with E-state index < -0.39 is 0 Å². The number of ether oxygens (including phenoxy) is 2. The van der Waals surface area contributed by atoms with E-state index in [1.165, 1.54) is 11.6 Å². The maximum atomic E-state index is 13.8. The quantitative estimate of drug-likeness (QED) is 0.507. The average molecular weight is 531 g/mol. The average Bonchev–Trinajstić information content (AvgIpc) is 3.70. The van der Waals surface area contributed by atoms with Crippen molar-refractivity contribution < 1.29 is 19.1 Å². The van der Waals surface area contributed by atoms with Crippen molar-refractivity contribution in [2.24, 2.45) is 0 Å². The Hall–Kier alpha value is -3.85. The molecule has 3 aliphatic rings. The highest BCUT2D eigenvalue weighted by Crippen LogP contribution is 2.47. The lowest BCUT2D eigenvalue weighted by molar-refractivity contribution is 0.0302. The minimum absolute atomic E-state index is 0.0582. The maximum absolute atomic E-state index is 13.8. The van der Waals surface area contributed by atoms with Crippen LogP contribution in [0.5, 0.6) is 5.75 Å². The SMILES string of the molecule is COc1cccc2[nH]c(=O)cc(C(=O)N[C@@H]3CCN(c4c(C5CC5)ccc(C)c4C(=O)N4CCOCC4)C3)c12. The second-order valence-corrected chi connectivity index (χ2v) is 10.7. The summed E-state index contributed by atoms with van der Waals surface area (Å²) in [6.07, 6.45) is 3.01. The summed E-state index contributed by atoms with van der Waals surface area (Å²) in [5.74, 6) is 0.754. The highest BCUT2D eigenvalue weighted by Gasteiger charge is 2.36. The largest absolute Gasteiger partial charge is 0.496 e. The molecule has 6 rings (SSSR count). The van der Waals surface area contributed by atoms with Gasteiger partial charge in [0.15, 0.2) is 0 Å². The Balaban J connectivity index is 1.28. The lowest BCUT2D eigenvalue weighted by Crippen LogP contribution is -2.42. The molecule has 1 atom stereocenters. The highest BCUT2D eigenvalue weighted by atomic mass is 16.5. The van der Waals surface area contributed by atoms with E-state index in [-0.39, 0.29) is 23.4 Å². The first-order valence-corrected chi connectivity index (χ1v) is 13.7. The van der Waals surface area contributed by atoms with Crippen LogP contribution in [0.1, 0.15) is 57.0 Å². The van der Waals surface area contributed by atoms with Crippen LogP contribution in [-0.2, 0) is 4.74 Å². The Morgan fingerprint density at radius 1 is 1.08 bits per heavy atom. The number of rotatable bonds is 6. The summed E-state index contributed by atoms with van der Waals surface area (Å²) in [4.78, 5) is 46.6. The van der Waals surface area contributed by atoms with E-state index in [9.17, 15) is 14.4 Å². The number of nitrogens with one attached hydrogen (secondary N) is 2. The van der Waals surface area contributed by atoms with Gasteiger partial charge in [0.1, 0.15) is 5.75 Å². The molecule has 3 heterocycles. The molecule has 0 spiro atoms. The molecule has 3 fully saturated rings. The van der Waals surface area contributed by atoms with Gasteiger partial charge in [0.2, 0.25) is 5.56 Å². The first-order chi connectivity index (χ1) is 18.9. The Kier molecular flexibility index (Phi) is 6.76. The number of aromatic amines is 1. The number of amides is 2. The number of morpholine rings is 1. The van der Waals surface area contributed by atoms with Crippen LogP contribution in [0.2, 0.25) is 0 Å². The van der Waals surface area contributed by atoms with Crippen LogP contribution in [0, 0.1) is 6.92 Å². The Morgan fingerprint density at radius 2 is 1.87 bits per heavy atom. The summed E-state index contributed by atoms with van der Waals surface area (Å²) in [6.45, 7) is 5.64. The fourth-order valence-electron chi connectivity index (χ4n) is 5.95. The zero-order chi connectivity index (χ0) is 27.1. The molecule has 0 bridgehead atoms. The predicted octanol–water partition coefficient (Wildman–Crippen LogP) is 3.20. The van der Waals surface area contributed by atoms with Gasteiger partial charge in [0, 0.05) is 38.3 Å². The molecular formula is C30H34N4O5. The van der Waals surface area contributed by atoms with E-state index >= 15 is 0 Å². The van der Waals surface area contributed by atoms with Crippen molar-refractivity contribution in [3.05, 3.63) is 69.0 Å². The van der Waals surface area contributed by atoms with Crippen LogP contribution >= 0.6 is 0 Å². The second kappa shape index (κ2) is 10.4. The molecule has 2 saturated heterocycles. The van der Waals surface area contributed by atoms with Crippen LogP contribution < -0.4 is 20.5 Å². The third-order valence-corrected chi connectivity index (χ3v) is 8.08. The van der Waals surface area contributed by atoms with Crippen molar-refractivity contribution in [2.45, 2.75) is 38.1 Å². The topological polar surface area (TPSA) is 104 Å². The van der Waals surface area contributed by atoms with E-state index in [2.05, 4.69) is 27.3 Å². The fraction of sp³-hybridized carbons (Fsp3) is 0.433. The number of carbonyl (C=O) groups excluding carboxylic acids is 2. The third kappa shape index (κ3) is 4.87. The number of carbonyl (C=O) groups is 2. The molecule has 1 aliphatic carbocycles. The number of aromatic nitrogens is 1. The highest BCUT2D eigenvalue weighted by molar-refractivity contribution is 6.08. The monoisotopic (exact) mass is 530 g/mol. The van der Waals surface area contributed by atoms with Gasteiger partial charge in [-0.2, -0.15) is 0 Å². The van der Waals surface area contributed by atoms with Crippen molar-refractivity contribution in [1.82, 2.24) is 15.2 Å². The van der Waals surface area contributed by atoms with Crippen LogP contribution in [0.15, 0.2) is 41.2 Å². The van der Waals surface area contributed by atoms with Gasteiger partial charge in [-0.3, -0.25) is 14.4 Å². The van der Waals surface area contributed by atoms with Crippen molar-refractivity contribution in [3.63, 3.8) is 0 Å². The number of hydrogen-bond donors (Lipinski definition) is 2. The maximum Gasteiger partial charge on any atom is 0.256 e. The molecule has 2 amide bonds. The number of methoxy groups -OCH3 is 1. The summed E-state index contributed by atoms with van der Waals surface area (Å²) in [6, 6.07) is 10.8. The van der Waals surface area contributed by atoms with E-state index in [1.54, 1.807) is 25.3 Å². The van der Waals surface area contributed by atoms with E-state index in [0.29, 0.717) is 61.0 Å². The Labute approximate surface area is 227 Å². The Morgan fingerprint density at radius 3 is 2.62 bits per heavy atom. The fourth-order valence-corrected chi connectivity index (χ4v) is 5.95. The minimum atomic E-state index is -0.339. The van der Waals surface area contributed by atoms with Gasteiger partial charge in [-0.05, 0) is 55.4 Å². The number of nitrogens with zero attached hydrogens (tertiary/aromatic N) is 2. The number of hydrogen-bond acceptors (Lipinski definition) is 6. The van der Waals surface area contributed by atoms with Gasteiger partial charge >= 0.3 is 0 Å². The zero-order valence-electron chi connectivity index (χ0n) is 22.4. The predicted molar refractivity (Wildman–Crippen MR) is 149 cm³/mol. The molecule has 3 aromatic rings. The number of fused-ring (bicyclic) bond motifs is 1. The van der Waals surface area contributed by atoms with Gasteiger partial charge in [-0.25, -0.2) is 0 Å². The summed E-state index contributed by atoms with van der Waals surface area (Å²) in [5, 5.41) is 3.74. The molecule has 2 aliphatic heterocycles. The number of anilines is 1. The summed E-state index contributed by atoms with van der Waals surface area (Å²) >= 11 is 0. The second-order valence-electron chi connectivity index (χ2n) is 10.7. The number of H-pyrrole nitrogens is 1.